The molecule has 2 N–H and O–H groups in total. The average molecular weight is 196 g/mol. The number of nitrogens with one attached hydrogen (secondary N) is 1. The largest absolute Gasteiger partial charge is 0.503 e. The van der Waals surface area contributed by atoms with Gasteiger partial charge in [0.2, 0.25) is 0 Å². The molecule has 0 spiro atoms. The Morgan fingerprint density at radius 1 is 1.57 bits per heavy atom. The number of aromatic hydroxyl groups is 1. The van der Waals surface area contributed by atoms with Crippen LogP contribution in [0.4, 0.5) is 0 Å². The van der Waals surface area contributed by atoms with Gasteiger partial charge in [0.15, 0.2) is 11.5 Å². The van der Waals surface area contributed by atoms with Gasteiger partial charge in [-0.05, 0) is 13.0 Å². The Kier molecular flexibility index (Phi) is 4.19. The number of nitrogens with zero attached hydrogens (tertiary/aromatic N) is 1. The van der Waals surface area contributed by atoms with Gasteiger partial charge >= 0.3 is 0 Å². The molecule has 0 saturated carbocycles. The molecule has 78 valence electrons. The predicted molar refractivity (Wildman–Crippen MR) is 54.5 cm³/mol. The lowest BCUT2D eigenvalue weighted by Crippen LogP contribution is -2.14. The zero-order valence-electron chi connectivity index (χ0n) is 8.58. The quantitative estimate of drug-likeness (QED) is 0.697. The van der Waals surface area contributed by atoms with E-state index < -0.39 is 0 Å². The molecule has 0 aliphatic carbocycles. The summed E-state index contributed by atoms with van der Waals surface area (Å²) in [5.41, 5.74) is 0.869. The van der Waals surface area contributed by atoms with Crippen LogP contribution in [0, 0.1) is 0 Å². The van der Waals surface area contributed by atoms with Gasteiger partial charge in [-0.25, -0.2) is 0 Å². The van der Waals surface area contributed by atoms with Crippen molar-refractivity contribution in [3.05, 3.63) is 18.0 Å². The zero-order chi connectivity index (χ0) is 10.4. The second-order valence-corrected chi connectivity index (χ2v) is 3.02. The van der Waals surface area contributed by atoms with Crippen molar-refractivity contribution in [1.82, 2.24) is 10.3 Å². The smallest absolute Gasteiger partial charge is 0.176 e. The van der Waals surface area contributed by atoms with Crippen LogP contribution in [0.2, 0.25) is 0 Å². The molecule has 0 amide bonds. The van der Waals surface area contributed by atoms with Crippen molar-refractivity contribution in [2.24, 2.45) is 0 Å². The molecule has 1 aromatic heterocycles. The van der Waals surface area contributed by atoms with E-state index in [4.69, 9.17) is 4.74 Å². The van der Waals surface area contributed by atoms with Crippen molar-refractivity contribution < 1.29 is 9.84 Å². The highest BCUT2D eigenvalue weighted by Gasteiger charge is 2.02. The fourth-order valence-corrected chi connectivity index (χ4v) is 1.12. The third-order valence-corrected chi connectivity index (χ3v) is 1.86. The first kappa shape index (κ1) is 10.8. The van der Waals surface area contributed by atoms with Gasteiger partial charge in [-0.2, -0.15) is 0 Å². The van der Waals surface area contributed by atoms with Crippen molar-refractivity contribution in [3.63, 3.8) is 0 Å². The van der Waals surface area contributed by atoms with Gasteiger partial charge in [0, 0.05) is 12.6 Å². The lowest BCUT2D eigenvalue weighted by atomic mass is 10.3. The molecular formula is C10H16N2O2. The maximum Gasteiger partial charge on any atom is 0.176 e. The van der Waals surface area contributed by atoms with E-state index in [1.54, 1.807) is 6.07 Å². The first-order chi connectivity index (χ1) is 6.77. The highest BCUT2D eigenvalue weighted by Crippen LogP contribution is 2.24. The highest BCUT2D eigenvalue weighted by atomic mass is 16.5. The monoisotopic (exact) mass is 196 g/mol. The third-order valence-electron chi connectivity index (χ3n) is 1.86. The lowest BCUT2D eigenvalue weighted by Gasteiger charge is -2.06. The molecule has 0 aliphatic rings. The van der Waals surface area contributed by atoms with Gasteiger partial charge < -0.3 is 15.2 Å². The number of hydrogen-bond donors (Lipinski definition) is 2. The summed E-state index contributed by atoms with van der Waals surface area (Å²) in [7, 11) is 1.53. The lowest BCUT2D eigenvalue weighted by molar-refractivity contribution is 0.371. The topological polar surface area (TPSA) is 54.4 Å². The number of ether oxygens (including phenoxy) is 1. The maximum absolute atomic E-state index is 9.30. The second kappa shape index (κ2) is 5.44. The van der Waals surface area contributed by atoms with Crippen LogP contribution >= 0.6 is 0 Å². The molecule has 4 nitrogen and oxygen atoms in total. The molecule has 0 fully saturated rings. The minimum Gasteiger partial charge on any atom is -0.503 e. The second-order valence-electron chi connectivity index (χ2n) is 3.02. The summed E-state index contributed by atoms with van der Waals surface area (Å²) >= 11 is 0. The number of pyridine rings is 1. The van der Waals surface area contributed by atoms with Crippen LogP contribution in [-0.2, 0) is 6.54 Å². The first-order valence-electron chi connectivity index (χ1n) is 4.70. The van der Waals surface area contributed by atoms with Crippen molar-refractivity contribution in [1.29, 1.82) is 0 Å². The van der Waals surface area contributed by atoms with E-state index in [2.05, 4.69) is 17.2 Å². The standard InChI is InChI=1S/C10H16N2O2/c1-3-4-11-6-8-5-10(14-2)9(13)7-12-8/h5,7,11,13H,3-4,6H2,1-2H3. The molecular weight excluding hydrogens is 180 g/mol. The molecule has 4 heteroatoms. The summed E-state index contributed by atoms with van der Waals surface area (Å²) in [5, 5.41) is 12.5. The van der Waals surface area contributed by atoms with Gasteiger partial charge in [-0.3, -0.25) is 4.98 Å². The van der Waals surface area contributed by atoms with Gasteiger partial charge in [0.05, 0.1) is 19.0 Å². The number of rotatable bonds is 5. The summed E-state index contributed by atoms with van der Waals surface area (Å²) in [6.07, 6.45) is 2.50. The molecule has 1 heterocycles. The molecule has 0 bridgehead atoms. The Morgan fingerprint density at radius 2 is 2.36 bits per heavy atom. The third kappa shape index (κ3) is 2.88. The number of aromatic nitrogens is 1. The van der Waals surface area contributed by atoms with E-state index in [9.17, 15) is 5.11 Å². The van der Waals surface area contributed by atoms with Crippen molar-refractivity contribution in [2.45, 2.75) is 19.9 Å². The van der Waals surface area contributed by atoms with Crippen LogP contribution in [0.1, 0.15) is 19.0 Å². The Balaban J connectivity index is 2.60. The highest BCUT2D eigenvalue weighted by molar-refractivity contribution is 5.37. The molecule has 0 saturated heterocycles. The number of hydrogen-bond acceptors (Lipinski definition) is 4. The van der Waals surface area contributed by atoms with Crippen LogP contribution < -0.4 is 10.1 Å². The van der Waals surface area contributed by atoms with E-state index >= 15 is 0 Å². The SMILES string of the molecule is CCCNCc1cc(OC)c(O)cn1. The van der Waals surface area contributed by atoms with Crippen molar-refractivity contribution in [3.8, 4) is 11.5 Å². The molecule has 1 aromatic rings. The molecule has 0 aromatic carbocycles. The molecule has 0 radical (unpaired) electrons. The summed E-state index contributed by atoms with van der Waals surface area (Å²) in [6.45, 7) is 3.77. The summed E-state index contributed by atoms with van der Waals surface area (Å²) < 4.78 is 4.97. The predicted octanol–water partition coefficient (Wildman–Crippen LogP) is 1.30. The van der Waals surface area contributed by atoms with Crippen molar-refractivity contribution in [2.75, 3.05) is 13.7 Å². The molecule has 1 rings (SSSR count). The van der Waals surface area contributed by atoms with Crippen LogP contribution in [-0.4, -0.2) is 23.7 Å². The van der Waals surface area contributed by atoms with Gasteiger partial charge in [-0.15, -0.1) is 0 Å². The van der Waals surface area contributed by atoms with E-state index in [0.29, 0.717) is 12.3 Å². The van der Waals surface area contributed by atoms with E-state index in [0.717, 1.165) is 18.7 Å². The average Bonchev–Trinajstić information content (AvgIpc) is 2.21. The summed E-state index contributed by atoms with van der Waals surface area (Å²) in [5.74, 6) is 0.542. The Hall–Kier alpha value is -1.29. The Morgan fingerprint density at radius 3 is 3.00 bits per heavy atom. The first-order valence-corrected chi connectivity index (χ1v) is 4.70. The minimum absolute atomic E-state index is 0.0757. The van der Waals surface area contributed by atoms with Gasteiger partial charge in [-0.1, -0.05) is 6.92 Å². The van der Waals surface area contributed by atoms with Crippen LogP contribution in [0.3, 0.4) is 0 Å². The maximum atomic E-state index is 9.30. The summed E-state index contributed by atoms with van der Waals surface area (Å²) in [6, 6.07) is 1.73. The van der Waals surface area contributed by atoms with E-state index in [1.807, 2.05) is 0 Å². The van der Waals surface area contributed by atoms with Crippen LogP contribution in [0.25, 0.3) is 0 Å². The fraction of sp³-hybridized carbons (Fsp3) is 0.500. The molecule has 0 aliphatic heterocycles. The molecule has 0 unspecified atom stereocenters. The molecule has 14 heavy (non-hydrogen) atoms. The zero-order valence-corrected chi connectivity index (χ0v) is 8.58. The normalized spacial score (nSPS) is 10.1. The van der Waals surface area contributed by atoms with E-state index in [-0.39, 0.29) is 5.75 Å². The summed E-state index contributed by atoms with van der Waals surface area (Å²) in [4.78, 5) is 4.07. The minimum atomic E-state index is 0.0757. The Labute approximate surface area is 83.9 Å². The van der Waals surface area contributed by atoms with E-state index in [1.165, 1.54) is 13.3 Å². The fourth-order valence-electron chi connectivity index (χ4n) is 1.12. The Bertz CT molecular complexity index is 289. The van der Waals surface area contributed by atoms with Crippen LogP contribution in [0.15, 0.2) is 12.3 Å². The van der Waals surface area contributed by atoms with Gasteiger partial charge in [0.25, 0.3) is 0 Å². The van der Waals surface area contributed by atoms with Gasteiger partial charge in [0.1, 0.15) is 0 Å². The van der Waals surface area contributed by atoms with Crippen molar-refractivity contribution >= 4 is 0 Å². The van der Waals surface area contributed by atoms with Crippen LogP contribution in [0.5, 0.6) is 11.5 Å². The molecule has 0 atom stereocenters. The number of methoxy groups -OCH3 is 1.